The predicted octanol–water partition coefficient (Wildman–Crippen LogP) is 5.91. The number of piperidine rings is 1. The molecule has 242 valence electrons. The Bertz CT molecular complexity index is 1510. The van der Waals surface area contributed by atoms with Crippen LogP contribution in [0.2, 0.25) is 0 Å². The maximum atomic E-state index is 17.1. The van der Waals surface area contributed by atoms with Crippen LogP contribution in [0.4, 0.5) is 16.0 Å². The van der Waals surface area contributed by atoms with Crippen LogP contribution in [-0.4, -0.2) is 75.9 Å². The lowest BCUT2D eigenvalue weighted by Crippen LogP contribution is -2.47. The van der Waals surface area contributed by atoms with Gasteiger partial charge in [-0.15, -0.1) is 0 Å². The molecule has 3 aromatic rings. The molecular formula is C35H46FN5O4. The van der Waals surface area contributed by atoms with Crippen molar-refractivity contribution in [2.75, 3.05) is 43.5 Å². The number of aliphatic carboxylic acids is 1. The second-order valence-electron chi connectivity index (χ2n) is 13.7. The lowest BCUT2D eigenvalue weighted by atomic mass is 9.85. The van der Waals surface area contributed by atoms with E-state index in [0.717, 1.165) is 16.8 Å². The first-order valence-corrected chi connectivity index (χ1v) is 15.8. The molecule has 2 aliphatic rings. The summed E-state index contributed by atoms with van der Waals surface area (Å²) in [4.78, 5) is 34.1. The highest BCUT2D eigenvalue weighted by Crippen LogP contribution is 2.43. The number of ether oxygens (including phenoxy) is 1. The number of nitrogens with one attached hydrogen (secondary N) is 1. The van der Waals surface area contributed by atoms with Gasteiger partial charge in [-0.2, -0.15) is 0 Å². The van der Waals surface area contributed by atoms with E-state index in [4.69, 9.17) is 4.74 Å². The van der Waals surface area contributed by atoms with E-state index in [0.29, 0.717) is 50.7 Å². The predicted molar refractivity (Wildman–Crippen MR) is 174 cm³/mol. The first kappa shape index (κ1) is 32.5. The van der Waals surface area contributed by atoms with E-state index >= 15 is 4.39 Å². The summed E-state index contributed by atoms with van der Waals surface area (Å²) in [6.07, 6.45) is 4.58. The molecule has 0 bridgehead atoms. The van der Waals surface area contributed by atoms with Crippen LogP contribution >= 0.6 is 0 Å². The van der Waals surface area contributed by atoms with Crippen molar-refractivity contribution in [3.63, 3.8) is 0 Å². The number of nitrogens with zero attached hydrogens (tertiary/aromatic N) is 4. The molecular weight excluding hydrogens is 573 g/mol. The van der Waals surface area contributed by atoms with Gasteiger partial charge in [-0.3, -0.25) is 19.8 Å². The molecule has 3 heterocycles. The van der Waals surface area contributed by atoms with Crippen molar-refractivity contribution >= 4 is 23.5 Å². The summed E-state index contributed by atoms with van der Waals surface area (Å²) in [5.41, 5.74) is 1.50. The van der Waals surface area contributed by atoms with E-state index in [9.17, 15) is 14.7 Å². The summed E-state index contributed by atoms with van der Waals surface area (Å²) in [6.45, 7) is 12.5. The molecule has 9 nitrogen and oxygen atoms in total. The number of benzene rings is 2. The normalized spacial score (nSPS) is 21.3. The minimum absolute atomic E-state index is 0.0349. The fourth-order valence-electron chi connectivity index (χ4n) is 6.45. The molecule has 2 saturated heterocycles. The Morgan fingerprint density at radius 2 is 1.82 bits per heavy atom. The number of hydrogen-bond acceptors (Lipinski definition) is 6. The first-order valence-electron chi connectivity index (χ1n) is 15.8. The number of carbonyl (C=O) groups is 2. The van der Waals surface area contributed by atoms with Crippen LogP contribution in [0.15, 0.2) is 54.9 Å². The summed E-state index contributed by atoms with van der Waals surface area (Å²) in [5.74, 6) is -1.17. The van der Waals surface area contributed by atoms with Crippen LogP contribution < -0.4 is 15.0 Å². The number of imidazole rings is 1. The standard InChI is InChI=1S/C35H46FN5O4/c1-23(2)26-7-8-27(30(19-26)39-16-13-25(14-17-39)31(42)43)20-40-18-15-37-33(40)38-32(44)35(36)22-41(34(3,4)5)21-29(35)24-9-11-28(45-6)12-10-24/h7-12,15,18-19,23,25,29H,13-14,16-17,20-22H2,1-6H3,(H,42,43)(H,37,38,44)/t29-,35-/m0/s1. The van der Waals surface area contributed by atoms with Gasteiger partial charge >= 0.3 is 5.97 Å². The molecule has 2 aliphatic heterocycles. The zero-order valence-corrected chi connectivity index (χ0v) is 27.2. The van der Waals surface area contributed by atoms with Crippen LogP contribution in [0.3, 0.4) is 0 Å². The SMILES string of the molecule is COc1ccc([C@@H]2CN(C(C)(C)C)C[C@@]2(F)C(=O)Nc2nccn2Cc2ccc(C(C)C)cc2N2CCC(C(=O)O)CC2)cc1. The lowest BCUT2D eigenvalue weighted by molar-refractivity contribution is -0.142. The number of carbonyl (C=O) groups excluding carboxylic acids is 1. The Labute approximate surface area is 265 Å². The van der Waals surface area contributed by atoms with E-state index in [1.807, 2.05) is 42.4 Å². The molecule has 2 fully saturated rings. The summed E-state index contributed by atoms with van der Waals surface area (Å²) in [5, 5.41) is 12.3. The molecule has 1 amide bonds. The van der Waals surface area contributed by atoms with Crippen molar-refractivity contribution in [3.05, 3.63) is 71.5 Å². The fourth-order valence-corrected chi connectivity index (χ4v) is 6.45. The molecule has 45 heavy (non-hydrogen) atoms. The van der Waals surface area contributed by atoms with Gasteiger partial charge in [0.05, 0.1) is 19.6 Å². The van der Waals surface area contributed by atoms with Crippen LogP contribution in [0.25, 0.3) is 0 Å². The topological polar surface area (TPSA) is 99.9 Å². The van der Waals surface area contributed by atoms with Crippen LogP contribution in [0, 0.1) is 5.92 Å². The van der Waals surface area contributed by atoms with Gasteiger partial charge in [-0.25, -0.2) is 9.37 Å². The molecule has 0 spiro atoms. The lowest BCUT2D eigenvalue weighted by Gasteiger charge is -2.34. The highest BCUT2D eigenvalue weighted by atomic mass is 19.1. The quantitative estimate of drug-likeness (QED) is 0.307. The van der Waals surface area contributed by atoms with Crippen LogP contribution in [-0.2, 0) is 16.1 Å². The Hall–Kier alpha value is -3.92. The average Bonchev–Trinajstić information content (AvgIpc) is 3.61. The Morgan fingerprint density at radius 1 is 1.13 bits per heavy atom. The number of likely N-dealkylation sites (tertiary alicyclic amines) is 1. The van der Waals surface area contributed by atoms with E-state index in [2.05, 4.69) is 47.2 Å². The number of methoxy groups -OCH3 is 1. The maximum absolute atomic E-state index is 17.1. The van der Waals surface area contributed by atoms with Crippen molar-refractivity contribution in [2.24, 2.45) is 5.92 Å². The minimum Gasteiger partial charge on any atom is -0.497 e. The van der Waals surface area contributed by atoms with Crippen LogP contribution in [0.1, 0.15) is 76.0 Å². The Morgan fingerprint density at radius 3 is 2.42 bits per heavy atom. The number of hydrogen-bond donors (Lipinski definition) is 2. The summed E-state index contributed by atoms with van der Waals surface area (Å²) in [6, 6.07) is 13.6. The molecule has 0 saturated carbocycles. The number of halogens is 1. The summed E-state index contributed by atoms with van der Waals surface area (Å²) >= 11 is 0. The number of carboxylic acid groups (broad SMARTS) is 1. The molecule has 5 rings (SSSR count). The highest BCUT2D eigenvalue weighted by Gasteiger charge is 2.55. The first-order chi connectivity index (χ1) is 21.3. The summed E-state index contributed by atoms with van der Waals surface area (Å²) in [7, 11) is 1.59. The van der Waals surface area contributed by atoms with Crippen molar-refractivity contribution in [2.45, 2.75) is 77.0 Å². The zero-order chi connectivity index (χ0) is 32.5. The monoisotopic (exact) mass is 619 g/mol. The van der Waals surface area contributed by atoms with Gasteiger partial charge in [0.2, 0.25) is 11.6 Å². The van der Waals surface area contributed by atoms with E-state index in [1.165, 1.54) is 5.56 Å². The molecule has 0 unspecified atom stereocenters. The van der Waals surface area contributed by atoms with Crippen LogP contribution in [0.5, 0.6) is 5.75 Å². The third-order valence-corrected chi connectivity index (χ3v) is 9.46. The van der Waals surface area contributed by atoms with Crippen molar-refractivity contribution in [1.82, 2.24) is 14.5 Å². The van der Waals surface area contributed by atoms with Gasteiger partial charge < -0.3 is 19.3 Å². The van der Waals surface area contributed by atoms with Gasteiger partial charge in [0.15, 0.2) is 0 Å². The Kier molecular flexibility index (Phi) is 9.26. The van der Waals surface area contributed by atoms with Crippen molar-refractivity contribution in [3.8, 4) is 5.75 Å². The van der Waals surface area contributed by atoms with Gasteiger partial charge in [0.25, 0.3) is 5.91 Å². The molecule has 0 radical (unpaired) electrons. The van der Waals surface area contributed by atoms with Gasteiger partial charge in [0, 0.05) is 55.7 Å². The molecule has 2 N–H and O–H groups in total. The average molecular weight is 620 g/mol. The highest BCUT2D eigenvalue weighted by molar-refractivity contribution is 5.97. The van der Waals surface area contributed by atoms with Gasteiger partial charge in [-0.05, 0) is 74.4 Å². The van der Waals surface area contributed by atoms with E-state index in [-0.39, 0.29) is 23.9 Å². The smallest absolute Gasteiger partial charge is 0.306 e. The third kappa shape index (κ3) is 6.85. The largest absolute Gasteiger partial charge is 0.497 e. The number of anilines is 2. The van der Waals surface area contributed by atoms with E-state index < -0.39 is 23.5 Å². The second-order valence-corrected chi connectivity index (χ2v) is 13.7. The molecule has 0 aliphatic carbocycles. The third-order valence-electron chi connectivity index (χ3n) is 9.46. The number of rotatable bonds is 9. The van der Waals surface area contributed by atoms with Gasteiger partial charge in [0.1, 0.15) is 5.75 Å². The number of alkyl halides is 1. The molecule has 10 heteroatoms. The summed E-state index contributed by atoms with van der Waals surface area (Å²) < 4.78 is 24.2. The molecule has 2 atom stereocenters. The maximum Gasteiger partial charge on any atom is 0.306 e. The fraction of sp³-hybridized carbons (Fsp3) is 0.514. The van der Waals surface area contributed by atoms with Crippen molar-refractivity contribution < 1.29 is 23.8 Å². The number of amides is 1. The van der Waals surface area contributed by atoms with Gasteiger partial charge in [-0.1, -0.05) is 38.1 Å². The minimum atomic E-state index is -2.18. The van der Waals surface area contributed by atoms with Crippen molar-refractivity contribution in [1.29, 1.82) is 0 Å². The molecule has 1 aromatic heterocycles. The number of aromatic nitrogens is 2. The Balaban J connectivity index is 1.40. The number of carboxylic acids is 1. The van der Waals surface area contributed by atoms with E-state index in [1.54, 1.807) is 31.6 Å². The molecule has 2 aromatic carbocycles. The second kappa shape index (κ2) is 12.8. The zero-order valence-electron chi connectivity index (χ0n) is 27.2.